The van der Waals surface area contributed by atoms with Crippen LogP contribution in [0, 0.1) is 6.92 Å². The van der Waals surface area contributed by atoms with Gasteiger partial charge < -0.3 is 10.5 Å². The number of nitrogens with one attached hydrogen (secondary N) is 1. The summed E-state index contributed by atoms with van der Waals surface area (Å²) in [5, 5.41) is 6.98. The average molecular weight is 238 g/mol. The van der Waals surface area contributed by atoms with Crippen molar-refractivity contribution in [2.45, 2.75) is 19.4 Å². The standard InChI is InChI=1S/C11H18N4O2/c1-8-5-13-14-10(8)11(2)7-15(3-4-17-11)6-9(12)16/h5H,3-4,6-7H2,1-2H3,(H2,12,16)(H,13,14)/t11-/m0/s1. The highest BCUT2D eigenvalue weighted by atomic mass is 16.5. The van der Waals surface area contributed by atoms with Gasteiger partial charge in [-0.3, -0.25) is 14.8 Å². The highest BCUT2D eigenvalue weighted by Gasteiger charge is 2.36. The van der Waals surface area contributed by atoms with E-state index in [0.717, 1.165) is 17.8 Å². The number of ether oxygens (including phenoxy) is 1. The summed E-state index contributed by atoms with van der Waals surface area (Å²) in [6, 6.07) is 0. The largest absolute Gasteiger partial charge is 0.369 e. The minimum Gasteiger partial charge on any atom is -0.369 e. The van der Waals surface area contributed by atoms with Gasteiger partial charge in [0.1, 0.15) is 5.60 Å². The fourth-order valence-electron chi connectivity index (χ4n) is 2.34. The zero-order valence-corrected chi connectivity index (χ0v) is 10.2. The van der Waals surface area contributed by atoms with Gasteiger partial charge in [0.2, 0.25) is 5.91 Å². The number of aromatic amines is 1. The van der Waals surface area contributed by atoms with Crippen molar-refractivity contribution in [1.82, 2.24) is 15.1 Å². The van der Waals surface area contributed by atoms with E-state index in [0.29, 0.717) is 13.2 Å². The van der Waals surface area contributed by atoms with Crippen molar-refractivity contribution < 1.29 is 9.53 Å². The molecule has 6 nitrogen and oxygen atoms in total. The number of nitrogens with two attached hydrogens (primary N) is 1. The molecule has 0 bridgehead atoms. The molecule has 0 unspecified atom stereocenters. The quantitative estimate of drug-likeness (QED) is 0.760. The molecular weight excluding hydrogens is 220 g/mol. The third-order valence-corrected chi connectivity index (χ3v) is 3.09. The molecule has 2 heterocycles. The molecule has 0 saturated carbocycles. The van der Waals surface area contributed by atoms with E-state index in [1.54, 1.807) is 6.20 Å². The monoisotopic (exact) mass is 238 g/mol. The van der Waals surface area contributed by atoms with Crippen LogP contribution in [0.2, 0.25) is 0 Å². The maximum atomic E-state index is 11.0. The zero-order valence-electron chi connectivity index (χ0n) is 10.2. The fraction of sp³-hybridized carbons (Fsp3) is 0.636. The lowest BCUT2D eigenvalue weighted by atomic mass is 9.97. The van der Waals surface area contributed by atoms with Gasteiger partial charge in [0.25, 0.3) is 0 Å². The van der Waals surface area contributed by atoms with E-state index in [1.165, 1.54) is 0 Å². The van der Waals surface area contributed by atoms with E-state index in [9.17, 15) is 4.79 Å². The molecule has 1 aromatic rings. The van der Waals surface area contributed by atoms with Crippen LogP contribution in [-0.4, -0.2) is 47.2 Å². The minimum atomic E-state index is -0.450. The summed E-state index contributed by atoms with van der Waals surface area (Å²) >= 11 is 0. The summed E-state index contributed by atoms with van der Waals surface area (Å²) < 4.78 is 5.84. The number of primary amides is 1. The Morgan fingerprint density at radius 2 is 2.53 bits per heavy atom. The molecule has 94 valence electrons. The van der Waals surface area contributed by atoms with Crippen LogP contribution >= 0.6 is 0 Å². The third-order valence-electron chi connectivity index (χ3n) is 3.09. The second kappa shape index (κ2) is 4.46. The molecule has 0 aromatic carbocycles. The first-order chi connectivity index (χ1) is 8.01. The Morgan fingerprint density at radius 3 is 3.12 bits per heavy atom. The molecule has 0 aliphatic carbocycles. The molecule has 17 heavy (non-hydrogen) atoms. The van der Waals surface area contributed by atoms with E-state index < -0.39 is 5.60 Å². The smallest absolute Gasteiger partial charge is 0.231 e. The predicted octanol–water partition coefficient (Wildman–Crippen LogP) is -0.249. The van der Waals surface area contributed by atoms with Crippen LogP contribution in [0.15, 0.2) is 6.20 Å². The number of hydrogen-bond donors (Lipinski definition) is 2. The highest BCUT2D eigenvalue weighted by Crippen LogP contribution is 2.29. The van der Waals surface area contributed by atoms with Crippen molar-refractivity contribution in [3.63, 3.8) is 0 Å². The maximum Gasteiger partial charge on any atom is 0.231 e. The molecule has 3 N–H and O–H groups in total. The molecule has 0 spiro atoms. The fourth-order valence-corrected chi connectivity index (χ4v) is 2.34. The lowest BCUT2D eigenvalue weighted by Gasteiger charge is -2.39. The maximum absolute atomic E-state index is 11.0. The normalized spacial score (nSPS) is 26.0. The Bertz CT molecular complexity index is 417. The number of rotatable bonds is 3. The van der Waals surface area contributed by atoms with E-state index >= 15 is 0 Å². The molecule has 1 aliphatic rings. The van der Waals surface area contributed by atoms with Gasteiger partial charge in [0.05, 0.1) is 25.0 Å². The summed E-state index contributed by atoms with van der Waals surface area (Å²) in [7, 11) is 0. The number of nitrogens with zero attached hydrogens (tertiary/aromatic N) is 2. The Balaban J connectivity index is 2.15. The number of hydrogen-bond acceptors (Lipinski definition) is 4. The van der Waals surface area contributed by atoms with Gasteiger partial charge in [-0.15, -0.1) is 0 Å². The van der Waals surface area contributed by atoms with Crippen molar-refractivity contribution in [3.05, 3.63) is 17.5 Å². The van der Waals surface area contributed by atoms with Gasteiger partial charge in [0, 0.05) is 13.1 Å². The molecule has 0 radical (unpaired) electrons. The van der Waals surface area contributed by atoms with Crippen molar-refractivity contribution in [2.24, 2.45) is 5.73 Å². The third kappa shape index (κ3) is 2.48. The average Bonchev–Trinajstić information content (AvgIpc) is 2.64. The van der Waals surface area contributed by atoms with Gasteiger partial charge in [-0.25, -0.2) is 0 Å². The topological polar surface area (TPSA) is 84.2 Å². The molecule has 1 aromatic heterocycles. The van der Waals surface area contributed by atoms with Gasteiger partial charge in [-0.2, -0.15) is 5.10 Å². The van der Waals surface area contributed by atoms with Crippen molar-refractivity contribution in [3.8, 4) is 0 Å². The molecule has 1 saturated heterocycles. The van der Waals surface area contributed by atoms with Gasteiger partial charge in [-0.1, -0.05) is 0 Å². The Hall–Kier alpha value is -1.40. The van der Waals surface area contributed by atoms with Gasteiger partial charge in [0.15, 0.2) is 0 Å². The van der Waals surface area contributed by atoms with E-state index in [4.69, 9.17) is 10.5 Å². The molecule has 1 amide bonds. The summed E-state index contributed by atoms with van der Waals surface area (Å²) in [4.78, 5) is 13.0. The number of aryl methyl sites for hydroxylation is 1. The lowest BCUT2D eigenvalue weighted by Crippen LogP contribution is -2.50. The number of morpholine rings is 1. The van der Waals surface area contributed by atoms with Crippen LogP contribution in [0.5, 0.6) is 0 Å². The van der Waals surface area contributed by atoms with Crippen LogP contribution in [0.1, 0.15) is 18.2 Å². The summed E-state index contributed by atoms with van der Waals surface area (Å²) in [6.07, 6.45) is 1.77. The molecule has 1 aliphatic heterocycles. The molecule has 1 atom stereocenters. The summed E-state index contributed by atoms with van der Waals surface area (Å²) in [5.41, 5.74) is 6.80. The van der Waals surface area contributed by atoms with Crippen LogP contribution in [-0.2, 0) is 15.1 Å². The van der Waals surface area contributed by atoms with Crippen LogP contribution < -0.4 is 5.73 Å². The zero-order chi connectivity index (χ0) is 12.5. The predicted molar refractivity (Wildman–Crippen MR) is 62.3 cm³/mol. The van der Waals surface area contributed by atoms with Crippen LogP contribution in [0.4, 0.5) is 0 Å². The van der Waals surface area contributed by atoms with Gasteiger partial charge >= 0.3 is 0 Å². The Labute approximate surface area is 100 Å². The first-order valence-electron chi connectivity index (χ1n) is 5.66. The summed E-state index contributed by atoms with van der Waals surface area (Å²) in [5.74, 6) is -0.310. The molecule has 1 fully saturated rings. The minimum absolute atomic E-state index is 0.270. The number of carbonyl (C=O) groups excluding carboxylic acids is 1. The van der Waals surface area contributed by atoms with Crippen LogP contribution in [0.25, 0.3) is 0 Å². The van der Waals surface area contributed by atoms with E-state index in [-0.39, 0.29) is 12.5 Å². The van der Waals surface area contributed by atoms with E-state index in [1.807, 2.05) is 18.7 Å². The van der Waals surface area contributed by atoms with Crippen molar-refractivity contribution in [1.29, 1.82) is 0 Å². The SMILES string of the molecule is Cc1cn[nH]c1[C@]1(C)CN(CC(N)=O)CCO1. The Kier molecular flexibility index (Phi) is 3.17. The van der Waals surface area contributed by atoms with Crippen molar-refractivity contribution >= 4 is 5.91 Å². The van der Waals surface area contributed by atoms with Crippen molar-refractivity contribution in [2.75, 3.05) is 26.2 Å². The second-order valence-electron chi connectivity index (χ2n) is 4.68. The summed E-state index contributed by atoms with van der Waals surface area (Å²) in [6.45, 7) is 6.21. The molecule has 2 rings (SSSR count). The first-order valence-corrected chi connectivity index (χ1v) is 5.66. The number of amides is 1. The Morgan fingerprint density at radius 1 is 1.76 bits per heavy atom. The first kappa shape index (κ1) is 12.1. The number of carbonyl (C=O) groups is 1. The highest BCUT2D eigenvalue weighted by molar-refractivity contribution is 5.75. The van der Waals surface area contributed by atoms with E-state index in [2.05, 4.69) is 10.2 Å². The number of aromatic nitrogens is 2. The molecular formula is C11H18N4O2. The van der Waals surface area contributed by atoms with Crippen LogP contribution in [0.3, 0.4) is 0 Å². The van der Waals surface area contributed by atoms with Gasteiger partial charge in [-0.05, 0) is 19.4 Å². The lowest BCUT2D eigenvalue weighted by molar-refractivity contribution is -0.128. The second-order valence-corrected chi connectivity index (χ2v) is 4.68. The molecule has 6 heteroatoms. The number of H-pyrrole nitrogens is 1.